The van der Waals surface area contributed by atoms with Gasteiger partial charge in [0, 0.05) is 11.5 Å². The largest absolute Gasteiger partial charge is 0.508 e. The lowest BCUT2D eigenvalue weighted by Crippen LogP contribution is -2.13. The standard InChI is InChI=1S/C36H34O8/c1-21(2)23-7-5-22(6-8-23)19-43-32-17-25(11-16-31(32)41-3)28(18-33(39)42-4)34-30(38)15-14-27-35(40)29(20-44-36(27)34)24-9-12-26(37)13-10-24/h5-17,20-21,28,37-38H,18-19H2,1-4H3/t28-/m1/s1. The number of fused-ring (bicyclic) bond motifs is 1. The zero-order valence-corrected chi connectivity index (χ0v) is 25.0. The average Bonchev–Trinajstić information content (AvgIpc) is 3.03. The van der Waals surface area contributed by atoms with Crippen molar-refractivity contribution in [3.05, 3.63) is 118 Å². The van der Waals surface area contributed by atoms with Crippen molar-refractivity contribution in [3.63, 3.8) is 0 Å². The normalized spacial score (nSPS) is 11.8. The first-order valence-corrected chi connectivity index (χ1v) is 14.2. The van der Waals surface area contributed by atoms with Gasteiger partial charge in [0.05, 0.1) is 31.6 Å². The van der Waals surface area contributed by atoms with Crippen molar-refractivity contribution in [2.24, 2.45) is 0 Å². The molecule has 4 aromatic carbocycles. The minimum atomic E-state index is -0.757. The van der Waals surface area contributed by atoms with Gasteiger partial charge in [0.15, 0.2) is 11.5 Å². The van der Waals surface area contributed by atoms with Crippen molar-refractivity contribution in [2.75, 3.05) is 14.2 Å². The highest BCUT2D eigenvalue weighted by Crippen LogP contribution is 2.42. The number of methoxy groups -OCH3 is 2. The summed E-state index contributed by atoms with van der Waals surface area (Å²) in [4.78, 5) is 26.3. The summed E-state index contributed by atoms with van der Waals surface area (Å²) < 4.78 is 22.8. The van der Waals surface area contributed by atoms with Crippen LogP contribution in [0.15, 0.2) is 94.3 Å². The molecule has 0 radical (unpaired) electrons. The topological polar surface area (TPSA) is 115 Å². The maximum Gasteiger partial charge on any atom is 0.306 e. The second-order valence-corrected chi connectivity index (χ2v) is 10.8. The van der Waals surface area contributed by atoms with Crippen LogP contribution in [0.3, 0.4) is 0 Å². The summed E-state index contributed by atoms with van der Waals surface area (Å²) in [6.45, 7) is 4.56. The first-order chi connectivity index (χ1) is 21.2. The third kappa shape index (κ3) is 6.24. The van der Waals surface area contributed by atoms with Crippen LogP contribution in [-0.4, -0.2) is 30.4 Å². The van der Waals surface area contributed by atoms with Gasteiger partial charge in [-0.15, -0.1) is 0 Å². The van der Waals surface area contributed by atoms with Crippen LogP contribution >= 0.6 is 0 Å². The fourth-order valence-corrected chi connectivity index (χ4v) is 5.21. The average molecular weight is 595 g/mol. The number of rotatable bonds is 10. The lowest BCUT2D eigenvalue weighted by atomic mass is 9.86. The van der Waals surface area contributed by atoms with E-state index in [1.54, 1.807) is 37.4 Å². The number of ether oxygens (including phenoxy) is 3. The quantitative estimate of drug-likeness (QED) is 0.162. The number of carbonyl (C=O) groups is 1. The van der Waals surface area contributed by atoms with E-state index in [-0.39, 0.29) is 46.5 Å². The van der Waals surface area contributed by atoms with E-state index < -0.39 is 11.9 Å². The molecule has 1 heterocycles. The van der Waals surface area contributed by atoms with Crippen molar-refractivity contribution >= 4 is 16.9 Å². The van der Waals surface area contributed by atoms with Crippen LogP contribution in [0.5, 0.6) is 23.0 Å². The predicted octanol–water partition coefficient (Wildman–Crippen LogP) is 7.28. The van der Waals surface area contributed by atoms with Gasteiger partial charge >= 0.3 is 5.97 Å². The van der Waals surface area contributed by atoms with Crippen LogP contribution in [0.25, 0.3) is 22.1 Å². The summed E-state index contributed by atoms with van der Waals surface area (Å²) in [7, 11) is 2.83. The number of hydrogen-bond donors (Lipinski definition) is 2. The van der Waals surface area contributed by atoms with Crippen LogP contribution in [-0.2, 0) is 16.1 Å². The van der Waals surface area contributed by atoms with Gasteiger partial charge in [0.2, 0.25) is 5.43 Å². The van der Waals surface area contributed by atoms with Gasteiger partial charge in [-0.25, -0.2) is 0 Å². The van der Waals surface area contributed by atoms with Crippen LogP contribution in [0.1, 0.15) is 54.4 Å². The Morgan fingerprint density at radius 3 is 2.23 bits per heavy atom. The van der Waals surface area contributed by atoms with E-state index in [0.717, 1.165) is 5.56 Å². The number of carbonyl (C=O) groups excluding carboxylic acids is 1. The molecule has 0 saturated heterocycles. The van der Waals surface area contributed by atoms with E-state index in [2.05, 4.69) is 26.0 Å². The molecule has 8 nitrogen and oxygen atoms in total. The van der Waals surface area contributed by atoms with E-state index in [1.807, 2.05) is 12.1 Å². The summed E-state index contributed by atoms with van der Waals surface area (Å²) >= 11 is 0. The molecule has 8 heteroatoms. The van der Waals surface area contributed by atoms with Gasteiger partial charge in [-0.1, -0.05) is 56.3 Å². The SMILES string of the molecule is COC(=O)C[C@H](c1ccc(OC)c(OCc2ccc(C(C)C)cc2)c1)c1c(O)ccc2c(=O)c(-c3ccc(O)cc3)coc12. The summed E-state index contributed by atoms with van der Waals surface area (Å²) in [6, 6.07) is 22.6. The molecule has 0 aliphatic carbocycles. The fraction of sp³-hybridized carbons (Fsp3) is 0.222. The van der Waals surface area contributed by atoms with E-state index in [4.69, 9.17) is 18.6 Å². The third-order valence-electron chi connectivity index (χ3n) is 7.71. The molecule has 44 heavy (non-hydrogen) atoms. The van der Waals surface area contributed by atoms with Crippen LogP contribution in [0.4, 0.5) is 0 Å². The Morgan fingerprint density at radius 1 is 0.864 bits per heavy atom. The molecule has 0 saturated carbocycles. The van der Waals surface area contributed by atoms with Crippen molar-refractivity contribution in [2.45, 2.75) is 38.7 Å². The minimum Gasteiger partial charge on any atom is -0.508 e. The van der Waals surface area contributed by atoms with Gasteiger partial charge in [-0.2, -0.15) is 0 Å². The molecule has 1 aromatic heterocycles. The Hall–Kier alpha value is -5.24. The highest BCUT2D eigenvalue weighted by molar-refractivity contribution is 5.87. The van der Waals surface area contributed by atoms with Gasteiger partial charge in [0.1, 0.15) is 30.0 Å². The third-order valence-corrected chi connectivity index (χ3v) is 7.71. The molecule has 0 bridgehead atoms. The number of phenols is 2. The number of benzene rings is 4. The fourth-order valence-electron chi connectivity index (χ4n) is 5.21. The number of aromatic hydroxyl groups is 2. The Balaban J connectivity index is 1.58. The Bertz CT molecular complexity index is 1840. The van der Waals surface area contributed by atoms with E-state index in [0.29, 0.717) is 34.1 Å². The van der Waals surface area contributed by atoms with Gasteiger partial charge in [-0.3, -0.25) is 9.59 Å². The van der Waals surface area contributed by atoms with Crippen molar-refractivity contribution in [3.8, 4) is 34.1 Å². The molecule has 1 atom stereocenters. The van der Waals surface area contributed by atoms with Gasteiger partial charge < -0.3 is 28.8 Å². The van der Waals surface area contributed by atoms with E-state index >= 15 is 0 Å². The van der Waals surface area contributed by atoms with E-state index in [9.17, 15) is 19.8 Å². The van der Waals surface area contributed by atoms with Crippen molar-refractivity contribution < 1.29 is 33.6 Å². The molecule has 0 aliphatic heterocycles. The van der Waals surface area contributed by atoms with Gasteiger partial charge in [-0.05, 0) is 64.6 Å². The molecule has 5 rings (SSSR count). The molecule has 5 aromatic rings. The lowest BCUT2D eigenvalue weighted by Gasteiger charge is -2.21. The maximum absolute atomic E-state index is 13.6. The monoisotopic (exact) mass is 594 g/mol. The summed E-state index contributed by atoms with van der Waals surface area (Å²) in [5.41, 5.74) is 3.78. The summed E-state index contributed by atoms with van der Waals surface area (Å²) in [6.07, 6.45) is 1.18. The molecule has 2 N–H and O–H groups in total. The molecule has 226 valence electrons. The smallest absolute Gasteiger partial charge is 0.306 e. The first kappa shape index (κ1) is 30.2. The highest BCUT2D eigenvalue weighted by Gasteiger charge is 2.27. The zero-order valence-electron chi connectivity index (χ0n) is 25.0. The summed E-state index contributed by atoms with van der Waals surface area (Å²) in [5, 5.41) is 21.0. The van der Waals surface area contributed by atoms with Crippen LogP contribution in [0, 0.1) is 0 Å². The molecule has 0 fully saturated rings. The number of phenolic OH excluding ortho intramolecular Hbond substituents is 2. The van der Waals surface area contributed by atoms with Crippen LogP contribution < -0.4 is 14.9 Å². The lowest BCUT2D eigenvalue weighted by molar-refractivity contribution is -0.140. The Morgan fingerprint density at radius 2 is 1.57 bits per heavy atom. The predicted molar refractivity (Wildman–Crippen MR) is 168 cm³/mol. The number of esters is 1. The summed E-state index contributed by atoms with van der Waals surface area (Å²) in [5.74, 6) is 0.0208. The first-order valence-electron chi connectivity index (χ1n) is 14.2. The minimum absolute atomic E-state index is 0.0728. The van der Waals surface area contributed by atoms with Crippen molar-refractivity contribution in [1.82, 2.24) is 0 Å². The zero-order chi connectivity index (χ0) is 31.4. The van der Waals surface area contributed by atoms with Crippen molar-refractivity contribution in [1.29, 1.82) is 0 Å². The van der Waals surface area contributed by atoms with E-state index in [1.165, 1.54) is 43.2 Å². The van der Waals surface area contributed by atoms with Crippen LogP contribution in [0.2, 0.25) is 0 Å². The Kier molecular flexibility index (Phi) is 8.90. The molecule has 0 spiro atoms. The number of hydrogen-bond acceptors (Lipinski definition) is 8. The maximum atomic E-state index is 13.6. The van der Waals surface area contributed by atoms with Gasteiger partial charge in [0.25, 0.3) is 0 Å². The molecular formula is C36H34O8. The second-order valence-electron chi connectivity index (χ2n) is 10.8. The Labute approximate surface area is 255 Å². The highest BCUT2D eigenvalue weighted by atomic mass is 16.5. The second kappa shape index (κ2) is 13.0. The molecule has 0 aliphatic rings. The molecule has 0 unspecified atom stereocenters. The molecular weight excluding hydrogens is 560 g/mol. The molecule has 0 amide bonds.